The van der Waals surface area contributed by atoms with E-state index in [0.29, 0.717) is 45.2 Å². The van der Waals surface area contributed by atoms with E-state index in [4.69, 9.17) is 20.0 Å². The predicted octanol–water partition coefficient (Wildman–Crippen LogP) is 15.5. The van der Waals surface area contributed by atoms with Gasteiger partial charge in [-0.25, -0.2) is 20.0 Å². The number of fused-ring (bicyclic) bond motifs is 24. The van der Waals surface area contributed by atoms with E-state index in [0.717, 1.165) is 86.2 Å². The molecule has 0 fully saturated rings. The second kappa shape index (κ2) is 14.9. The van der Waals surface area contributed by atoms with Crippen molar-refractivity contribution in [3.8, 4) is 0 Å². The fourth-order valence-electron chi connectivity index (χ4n) is 10.8. The molecule has 356 valence electrons. The predicted molar refractivity (Wildman–Crippen MR) is 301 cm³/mol. The highest BCUT2D eigenvalue weighted by Gasteiger charge is 2.22. The Morgan fingerprint density at radius 1 is 0.236 bits per heavy atom. The monoisotopic (exact) mass is 940 g/mol. The largest absolute Gasteiger partial charge is 0.324 e. The van der Waals surface area contributed by atoms with Gasteiger partial charge in [0.1, 0.15) is 45.2 Å². The molecular weight excluding hydrogens is 881 g/mol. The van der Waals surface area contributed by atoms with Crippen molar-refractivity contribution in [2.24, 2.45) is 20.0 Å². The Kier molecular flexibility index (Phi) is 9.11. The van der Waals surface area contributed by atoms with Crippen molar-refractivity contribution >= 4 is 109 Å². The molecule has 1 aliphatic heterocycles. The molecule has 0 amide bonds. The molecule has 8 heteroatoms. The van der Waals surface area contributed by atoms with Crippen LogP contribution in [0.15, 0.2) is 141 Å². The fourth-order valence-corrected chi connectivity index (χ4v) is 10.8. The van der Waals surface area contributed by atoms with Gasteiger partial charge in [-0.1, -0.05) is 156 Å². The highest BCUT2D eigenvalue weighted by Crippen LogP contribution is 2.41. The number of aromatic nitrogens is 4. The van der Waals surface area contributed by atoms with Gasteiger partial charge >= 0.3 is 0 Å². The Labute approximate surface area is 417 Å². The first-order valence-corrected chi connectivity index (χ1v) is 25.4. The summed E-state index contributed by atoms with van der Waals surface area (Å²) in [6, 6.07) is 45.4. The molecule has 72 heavy (non-hydrogen) atoms. The van der Waals surface area contributed by atoms with Crippen molar-refractivity contribution in [1.82, 2.24) is 19.9 Å². The Bertz CT molecular complexity index is 4300. The Morgan fingerprint density at radius 2 is 0.444 bits per heavy atom. The molecule has 0 aliphatic carbocycles. The first kappa shape index (κ1) is 44.1. The summed E-state index contributed by atoms with van der Waals surface area (Å²) in [5.41, 5.74) is 7.92. The van der Waals surface area contributed by atoms with E-state index in [1.54, 1.807) is 0 Å². The number of H-pyrrole nitrogens is 4. The van der Waals surface area contributed by atoms with Crippen molar-refractivity contribution in [1.29, 1.82) is 0 Å². The zero-order valence-electron chi connectivity index (χ0n) is 43.3. The van der Waals surface area contributed by atoms with Crippen molar-refractivity contribution < 1.29 is 0 Å². The molecule has 1 aliphatic rings. The summed E-state index contributed by atoms with van der Waals surface area (Å²) in [4.78, 5) is 37.3. The van der Waals surface area contributed by atoms with Gasteiger partial charge in [-0.05, 0) is 136 Å². The average molecular weight is 941 g/mol. The first-order chi connectivity index (χ1) is 34.1. The summed E-state index contributed by atoms with van der Waals surface area (Å²) in [5.74, 6) is 2.86. The number of rotatable bonds is 0. The highest BCUT2D eigenvalue weighted by atomic mass is 15.1. The molecule has 4 N–H and O–H groups in total. The standard InChI is InChI=1S/C64H60N8/c1-61(2,3)41-17-13-33-25-45-49(29-37(33)21-41)57-65-53(45)70-58-51-31-39-23-43(63(7,8)9)19-15-35(39)27-47(51)55(67-58)72-60-52-32-40-24-44(64(10,11)12)20-16-36(40)28-48(52)56(68-60)71-59-50-30-38-22-42(62(4,5)6)18-14-34(38)26-46(50)54(66-59)69-57/h13-32H,1-12H3,(H4,65,66,67,68,69,70,71,72). The van der Waals surface area contributed by atoms with Gasteiger partial charge in [0, 0.05) is 43.1 Å². The number of nitrogens with zero attached hydrogens (tertiary/aromatic N) is 4. The van der Waals surface area contributed by atoms with Gasteiger partial charge < -0.3 is 19.9 Å². The zero-order valence-corrected chi connectivity index (χ0v) is 43.3. The molecule has 5 heterocycles. The second-order valence-electron chi connectivity index (χ2n) is 24.6. The van der Waals surface area contributed by atoms with Crippen LogP contribution in [0.1, 0.15) is 105 Å². The normalized spacial score (nSPS) is 13.7. The quantitative estimate of drug-likeness (QED) is 0.116. The maximum absolute atomic E-state index is 5.56. The van der Waals surface area contributed by atoms with Crippen LogP contribution in [0.5, 0.6) is 0 Å². The molecule has 0 unspecified atom stereocenters. The zero-order chi connectivity index (χ0) is 50.0. The average Bonchev–Trinajstić information content (AvgIpc) is 4.04. The molecule has 8 nitrogen and oxygen atoms in total. The van der Waals surface area contributed by atoms with Crippen molar-refractivity contribution in [2.45, 2.75) is 105 Å². The molecule has 12 aromatic rings. The Hall–Kier alpha value is -7.84. The van der Waals surface area contributed by atoms with Crippen LogP contribution in [0.4, 0.5) is 23.3 Å². The molecule has 8 aromatic carbocycles. The maximum Gasteiger partial charge on any atom is 0.142 e. The van der Waals surface area contributed by atoms with Crippen molar-refractivity contribution in [3.63, 3.8) is 0 Å². The number of benzene rings is 8. The SMILES string of the molecule is CC(C)(C)c1ccc2cc3c4[nH]c(c3cc2c1)N=c1[nH]c(c2cc3cc(C(C)(C)C)ccc3cc12)=Nc1[nH]c(c2cc3cc(C(C)(C)C)ccc3cc12)N=c1[nH]c(c2cc3cc(C(C)(C)C)ccc3cc12)=N4. The summed E-state index contributed by atoms with van der Waals surface area (Å²) in [6.45, 7) is 27.2. The van der Waals surface area contributed by atoms with E-state index in [9.17, 15) is 0 Å². The van der Waals surface area contributed by atoms with Crippen LogP contribution >= 0.6 is 0 Å². The molecule has 8 bridgehead atoms. The molecule has 0 spiro atoms. The molecular formula is C64H60N8. The van der Waals surface area contributed by atoms with Crippen LogP contribution in [0.2, 0.25) is 0 Å². The Morgan fingerprint density at radius 3 is 0.681 bits per heavy atom. The van der Waals surface area contributed by atoms with Gasteiger partial charge in [-0.15, -0.1) is 0 Å². The van der Waals surface area contributed by atoms with E-state index in [-0.39, 0.29) is 21.7 Å². The third-order valence-corrected chi connectivity index (χ3v) is 15.3. The van der Waals surface area contributed by atoms with E-state index < -0.39 is 0 Å². The number of aromatic amines is 4. The number of hydrogen-bond donors (Lipinski definition) is 4. The van der Waals surface area contributed by atoms with Gasteiger partial charge in [-0.3, -0.25) is 0 Å². The maximum atomic E-state index is 5.56. The molecule has 4 aromatic heterocycles. The molecule has 0 atom stereocenters. The summed E-state index contributed by atoms with van der Waals surface area (Å²) >= 11 is 0. The molecule has 13 rings (SSSR count). The first-order valence-electron chi connectivity index (χ1n) is 25.4. The topological polar surface area (TPSA) is 113 Å². The fraction of sp³-hybridized carbons (Fsp3) is 0.250. The van der Waals surface area contributed by atoms with Crippen LogP contribution in [0, 0.1) is 0 Å². The van der Waals surface area contributed by atoms with Crippen LogP contribution in [-0.2, 0) is 21.7 Å². The van der Waals surface area contributed by atoms with E-state index in [1.165, 1.54) is 22.3 Å². The summed E-state index contributed by atoms with van der Waals surface area (Å²) in [7, 11) is 0. The minimum Gasteiger partial charge on any atom is -0.324 e. The van der Waals surface area contributed by atoms with Gasteiger partial charge in [0.2, 0.25) is 0 Å². The van der Waals surface area contributed by atoms with Crippen LogP contribution in [-0.4, -0.2) is 19.9 Å². The van der Waals surface area contributed by atoms with Crippen molar-refractivity contribution in [3.05, 3.63) is 166 Å². The lowest BCUT2D eigenvalue weighted by Crippen LogP contribution is -2.10. The Balaban J connectivity index is 1.19. The van der Waals surface area contributed by atoms with Crippen LogP contribution in [0.3, 0.4) is 0 Å². The number of hydrogen-bond acceptors (Lipinski definition) is 4. The molecule has 0 saturated carbocycles. The number of nitrogens with one attached hydrogen (secondary N) is 4. The summed E-state index contributed by atoms with van der Waals surface area (Å²) in [6.07, 6.45) is 0. The minimum atomic E-state index is -0.0125. The third kappa shape index (κ3) is 7.16. The van der Waals surface area contributed by atoms with E-state index >= 15 is 0 Å². The lowest BCUT2D eigenvalue weighted by molar-refractivity contribution is 0.591. The van der Waals surface area contributed by atoms with Gasteiger partial charge in [0.05, 0.1) is 0 Å². The van der Waals surface area contributed by atoms with E-state index in [1.807, 2.05) is 0 Å². The second-order valence-corrected chi connectivity index (χ2v) is 24.6. The van der Waals surface area contributed by atoms with E-state index in [2.05, 4.69) is 224 Å². The van der Waals surface area contributed by atoms with Gasteiger partial charge in [0.25, 0.3) is 0 Å². The lowest BCUT2D eigenvalue weighted by Gasteiger charge is -2.19. The summed E-state index contributed by atoms with van der Waals surface area (Å²) < 4.78 is 0. The highest BCUT2D eigenvalue weighted by molar-refractivity contribution is 6.10. The third-order valence-electron chi connectivity index (χ3n) is 15.3. The van der Waals surface area contributed by atoms with Crippen LogP contribution in [0.25, 0.3) is 86.2 Å². The minimum absolute atomic E-state index is 0.0125. The van der Waals surface area contributed by atoms with Crippen LogP contribution < -0.4 is 22.0 Å². The van der Waals surface area contributed by atoms with Gasteiger partial charge in [-0.2, -0.15) is 0 Å². The molecule has 0 saturated heterocycles. The lowest BCUT2D eigenvalue weighted by atomic mass is 9.85. The molecule has 0 radical (unpaired) electrons. The van der Waals surface area contributed by atoms with Gasteiger partial charge in [0.15, 0.2) is 0 Å². The smallest absolute Gasteiger partial charge is 0.142 e. The van der Waals surface area contributed by atoms with Crippen molar-refractivity contribution in [2.75, 3.05) is 0 Å². The summed E-state index contributed by atoms with van der Waals surface area (Å²) in [5, 5.41) is 17.0.